The third kappa shape index (κ3) is 11.0. The molecule has 0 aliphatic carbocycles. The van der Waals surface area contributed by atoms with E-state index in [4.69, 9.17) is 4.74 Å². The van der Waals surface area contributed by atoms with Gasteiger partial charge >= 0.3 is 6.09 Å². The molecule has 0 saturated carbocycles. The summed E-state index contributed by atoms with van der Waals surface area (Å²) in [7, 11) is 0. The van der Waals surface area contributed by atoms with Crippen LogP contribution in [-0.2, 0) is 14.3 Å². The third-order valence-electron chi connectivity index (χ3n) is 5.60. The van der Waals surface area contributed by atoms with Crippen molar-refractivity contribution in [2.75, 3.05) is 6.54 Å². The molecule has 2 unspecified atom stereocenters. The second-order valence-electron chi connectivity index (χ2n) is 12.2. The number of aromatic hydroxyl groups is 1. The van der Waals surface area contributed by atoms with E-state index in [-0.39, 0.29) is 23.5 Å². The van der Waals surface area contributed by atoms with Gasteiger partial charge in [-0.1, -0.05) is 51.8 Å². The first kappa shape index (κ1) is 32.3. The molecule has 2 atom stereocenters. The van der Waals surface area contributed by atoms with Gasteiger partial charge in [0.15, 0.2) is 0 Å². The first-order chi connectivity index (χ1) is 17.0. The Hall–Kier alpha value is -2.77. The molecule has 8 nitrogen and oxygen atoms in total. The Morgan fingerprint density at radius 2 is 1.68 bits per heavy atom. The quantitative estimate of drug-likeness (QED) is 0.329. The molecule has 1 aromatic rings. The number of carbonyl (C=O) groups excluding carboxylic acids is 3. The van der Waals surface area contributed by atoms with Crippen molar-refractivity contribution in [1.29, 1.82) is 0 Å². The maximum Gasteiger partial charge on any atom is 0.408 e. The molecular formula is C29H49N3O5. The van der Waals surface area contributed by atoms with Gasteiger partial charge in [-0.2, -0.15) is 0 Å². The van der Waals surface area contributed by atoms with E-state index in [1.165, 1.54) is 4.90 Å². The van der Waals surface area contributed by atoms with Gasteiger partial charge in [0, 0.05) is 17.6 Å². The summed E-state index contributed by atoms with van der Waals surface area (Å²) in [6.45, 7) is 18.9. The molecule has 0 fully saturated rings. The van der Waals surface area contributed by atoms with Crippen LogP contribution in [0.5, 0.6) is 5.75 Å². The Morgan fingerprint density at radius 1 is 1.05 bits per heavy atom. The molecule has 0 aliphatic rings. The van der Waals surface area contributed by atoms with Gasteiger partial charge in [-0.3, -0.25) is 9.59 Å². The van der Waals surface area contributed by atoms with Crippen molar-refractivity contribution in [2.24, 2.45) is 5.92 Å². The standard InChI is InChI=1S/C29H49N3O5/c1-11-12-13-17-32(26(35)22(18-19(2)3)30-27(36)37-29(8,9)10)23(25(34)31-28(5,6)7)21-16-14-15-20(4)24(21)33/h14-16,19,22-23,33H,11-13,17-18H2,1-10H3,(H,30,36)(H,31,34). The molecule has 0 aromatic heterocycles. The Bertz CT molecular complexity index is 915. The predicted molar refractivity (Wildman–Crippen MR) is 147 cm³/mol. The molecule has 210 valence electrons. The van der Waals surface area contributed by atoms with Gasteiger partial charge in [0.1, 0.15) is 23.4 Å². The molecular weight excluding hydrogens is 470 g/mol. The number of ether oxygens (including phenoxy) is 1. The predicted octanol–water partition coefficient (Wildman–Crippen LogP) is 5.61. The second-order valence-corrected chi connectivity index (χ2v) is 12.2. The van der Waals surface area contributed by atoms with E-state index in [9.17, 15) is 19.5 Å². The Kier molecular flexibility index (Phi) is 11.9. The minimum absolute atomic E-state index is 0.0228. The van der Waals surface area contributed by atoms with Crippen LogP contribution < -0.4 is 10.6 Å². The summed E-state index contributed by atoms with van der Waals surface area (Å²) in [5.74, 6) is -0.703. The van der Waals surface area contributed by atoms with Crippen LogP contribution in [0.25, 0.3) is 0 Å². The van der Waals surface area contributed by atoms with E-state index < -0.39 is 29.3 Å². The van der Waals surface area contributed by atoms with Crippen LogP contribution in [0.3, 0.4) is 0 Å². The summed E-state index contributed by atoms with van der Waals surface area (Å²) < 4.78 is 5.43. The number of nitrogens with one attached hydrogen (secondary N) is 2. The normalized spacial score (nSPS) is 13.6. The lowest BCUT2D eigenvalue weighted by atomic mass is 9.96. The zero-order chi connectivity index (χ0) is 28.6. The topological polar surface area (TPSA) is 108 Å². The van der Waals surface area contributed by atoms with Crippen LogP contribution in [0.15, 0.2) is 18.2 Å². The number of benzene rings is 1. The number of nitrogens with zero attached hydrogens (tertiary/aromatic N) is 1. The fourth-order valence-electron chi connectivity index (χ4n) is 4.03. The number of carbonyl (C=O) groups is 3. The average Bonchev–Trinajstić information content (AvgIpc) is 2.72. The van der Waals surface area contributed by atoms with Gasteiger partial charge in [-0.15, -0.1) is 0 Å². The number of alkyl carbamates (subject to hydrolysis) is 1. The Labute approximate surface area is 223 Å². The summed E-state index contributed by atoms with van der Waals surface area (Å²) in [5, 5.41) is 16.7. The van der Waals surface area contributed by atoms with E-state index in [1.807, 2.05) is 34.6 Å². The van der Waals surface area contributed by atoms with Gasteiger partial charge in [0.25, 0.3) is 0 Å². The first-order valence-corrected chi connectivity index (χ1v) is 13.4. The van der Waals surface area contributed by atoms with Crippen molar-refractivity contribution < 1.29 is 24.2 Å². The van der Waals surface area contributed by atoms with Crippen molar-refractivity contribution in [3.05, 3.63) is 29.3 Å². The second kappa shape index (κ2) is 13.7. The molecule has 8 heteroatoms. The number of amides is 3. The summed E-state index contributed by atoms with van der Waals surface area (Å²) in [5.41, 5.74) is -0.317. The number of para-hydroxylation sites is 1. The maximum atomic E-state index is 14.1. The van der Waals surface area contributed by atoms with Crippen LogP contribution in [0.2, 0.25) is 0 Å². The highest BCUT2D eigenvalue weighted by atomic mass is 16.6. The van der Waals surface area contributed by atoms with E-state index in [2.05, 4.69) is 17.6 Å². The summed E-state index contributed by atoms with van der Waals surface area (Å²) in [6, 6.07) is 3.23. The molecule has 3 amide bonds. The fourth-order valence-corrected chi connectivity index (χ4v) is 4.03. The summed E-state index contributed by atoms with van der Waals surface area (Å²) >= 11 is 0. The lowest BCUT2D eigenvalue weighted by Gasteiger charge is -2.36. The van der Waals surface area contributed by atoms with Crippen LogP contribution in [0.4, 0.5) is 4.79 Å². The van der Waals surface area contributed by atoms with Crippen LogP contribution in [-0.4, -0.2) is 51.6 Å². The number of phenols is 1. The van der Waals surface area contributed by atoms with Crippen molar-refractivity contribution in [3.8, 4) is 5.75 Å². The van der Waals surface area contributed by atoms with Crippen molar-refractivity contribution in [2.45, 2.75) is 118 Å². The van der Waals surface area contributed by atoms with E-state index in [0.717, 1.165) is 12.8 Å². The summed E-state index contributed by atoms with van der Waals surface area (Å²) in [4.78, 5) is 42.1. The van der Waals surface area contributed by atoms with Gasteiger partial charge in [0.05, 0.1) is 0 Å². The lowest BCUT2D eigenvalue weighted by Crippen LogP contribution is -2.55. The van der Waals surface area contributed by atoms with Gasteiger partial charge in [-0.05, 0) is 72.8 Å². The van der Waals surface area contributed by atoms with Gasteiger partial charge in [0.2, 0.25) is 11.8 Å². The van der Waals surface area contributed by atoms with Crippen molar-refractivity contribution >= 4 is 17.9 Å². The number of phenolic OH excluding ortho intramolecular Hbond substituents is 1. The van der Waals surface area contributed by atoms with Crippen molar-refractivity contribution in [3.63, 3.8) is 0 Å². The number of aryl methyl sites for hydroxylation is 1. The van der Waals surface area contributed by atoms with Crippen LogP contribution in [0.1, 0.15) is 105 Å². The molecule has 37 heavy (non-hydrogen) atoms. The van der Waals surface area contributed by atoms with Crippen molar-refractivity contribution in [1.82, 2.24) is 15.5 Å². The third-order valence-corrected chi connectivity index (χ3v) is 5.60. The van der Waals surface area contributed by atoms with Crippen LogP contribution >= 0.6 is 0 Å². The van der Waals surface area contributed by atoms with Gasteiger partial charge in [-0.25, -0.2) is 4.79 Å². The molecule has 0 saturated heterocycles. The van der Waals surface area contributed by atoms with E-state index >= 15 is 0 Å². The van der Waals surface area contributed by atoms with E-state index in [1.54, 1.807) is 45.9 Å². The molecule has 0 heterocycles. The Balaban J connectivity index is 3.61. The highest BCUT2D eigenvalue weighted by Crippen LogP contribution is 2.33. The largest absolute Gasteiger partial charge is 0.507 e. The summed E-state index contributed by atoms with van der Waals surface area (Å²) in [6.07, 6.45) is 2.16. The van der Waals surface area contributed by atoms with E-state index in [0.29, 0.717) is 30.5 Å². The molecule has 0 bridgehead atoms. The number of rotatable bonds is 11. The minimum atomic E-state index is -1.07. The molecule has 3 N–H and O–H groups in total. The first-order valence-electron chi connectivity index (χ1n) is 13.4. The van der Waals surface area contributed by atoms with Gasteiger partial charge < -0.3 is 25.4 Å². The Morgan fingerprint density at radius 3 is 2.19 bits per heavy atom. The molecule has 1 aromatic carbocycles. The lowest BCUT2D eigenvalue weighted by molar-refractivity contribution is -0.143. The zero-order valence-corrected chi connectivity index (χ0v) is 24.5. The highest BCUT2D eigenvalue weighted by Gasteiger charge is 2.38. The fraction of sp³-hybridized carbons (Fsp3) is 0.690. The number of unbranched alkanes of at least 4 members (excludes halogenated alkanes) is 2. The number of hydrogen-bond donors (Lipinski definition) is 3. The molecule has 0 aliphatic heterocycles. The SMILES string of the molecule is CCCCCN(C(=O)C(CC(C)C)NC(=O)OC(C)(C)C)C(C(=O)NC(C)(C)C)c1cccc(C)c1O. The zero-order valence-electron chi connectivity index (χ0n) is 24.5. The maximum absolute atomic E-state index is 14.1. The van der Waals surface area contributed by atoms with Crippen LogP contribution in [0, 0.1) is 12.8 Å². The minimum Gasteiger partial charge on any atom is -0.507 e. The molecule has 0 spiro atoms. The average molecular weight is 520 g/mol. The highest BCUT2D eigenvalue weighted by molar-refractivity contribution is 5.92. The monoisotopic (exact) mass is 519 g/mol. The smallest absolute Gasteiger partial charge is 0.408 e. The molecule has 1 rings (SSSR count). The molecule has 0 radical (unpaired) electrons. The number of hydrogen-bond acceptors (Lipinski definition) is 5.